The minimum absolute atomic E-state index is 0.723. The van der Waals surface area contributed by atoms with Gasteiger partial charge in [0.05, 0.1) is 25.3 Å². The van der Waals surface area contributed by atoms with Crippen molar-refractivity contribution < 1.29 is 14.2 Å². The van der Waals surface area contributed by atoms with E-state index in [4.69, 9.17) is 14.2 Å². The van der Waals surface area contributed by atoms with Gasteiger partial charge in [-0.25, -0.2) is 0 Å². The summed E-state index contributed by atoms with van der Waals surface area (Å²) in [4.78, 5) is 0. The number of ether oxygens (including phenoxy) is 3. The molecule has 0 aliphatic rings. The first kappa shape index (κ1) is 18.6. The SMILES string of the molecule is COc1cccc(Oc2cccc(OC)c2-c2ccccc2)c1-c1ccccc1. The average Bonchev–Trinajstić information content (AvgIpc) is 2.80. The molecule has 0 aliphatic heterocycles. The largest absolute Gasteiger partial charge is 0.496 e. The third-order valence-corrected chi connectivity index (χ3v) is 4.76. The number of hydrogen-bond donors (Lipinski definition) is 0. The highest BCUT2D eigenvalue weighted by atomic mass is 16.5. The van der Waals surface area contributed by atoms with Crippen LogP contribution in [0.4, 0.5) is 0 Å². The smallest absolute Gasteiger partial charge is 0.139 e. The van der Waals surface area contributed by atoms with E-state index in [1.807, 2.05) is 97.1 Å². The zero-order chi connectivity index (χ0) is 20.1. The molecule has 3 heteroatoms. The van der Waals surface area contributed by atoms with Gasteiger partial charge in [-0.3, -0.25) is 0 Å². The highest BCUT2D eigenvalue weighted by Crippen LogP contribution is 2.44. The van der Waals surface area contributed by atoms with Crippen LogP contribution >= 0.6 is 0 Å². The van der Waals surface area contributed by atoms with Crippen LogP contribution in [0.1, 0.15) is 0 Å². The fraction of sp³-hybridized carbons (Fsp3) is 0.0769. The molecule has 0 saturated heterocycles. The van der Waals surface area contributed by atoms with Crippen LogP contribution in [0.5, 0.6) is 23.0 Å². The molecule has 4 aromatic rings. The van der Waals surface area contributed by atoms with Gasteiger partial charge in [0.25, 0.3) is 0 Å². The maximum atomic E-state index is 6.47. The van der Waals surface area contributed by atoms with E-state index in [1.165, 1.54) is 0 Å². The van der Waals surface area contributed by atoms with Gasteiger partial charge in [-0.15, -0.1) is 0 Å². The second-order valence-electron chi connectivity index (χ2n) is 6.50. The molecule has 4 rings (SSSR count). The lowest BCUT2D eigenvalue weighted by Crippen LogP contribution is -1.96. The van der Waals surface area contributed by atoms with Crippen molar-refractivity contribution in [3.05, 3.63) is 97.1 Å². The van der Waals surface area contributed by atoms with Crippen molar-refractivity contribution >= 4 is 0 Å². The van der Waals surface area contributed by atoms with E-state index in [-0.39, 0.29) is 0 Å². The normalized spacial score (nSPS) is 10.4. The van der Waals surface area contributed by atoms with E-state index >= 15 is 0 Å². The Hall–Kier alpha value is -3.72. The van der Waals surface area contributed by atoms with Crippen molar-refractivity contribution in [2.24, 2.45) is 0 Å². The molecule has 0 spiro atoms. The van der Waals surface area contributed by atoms with Gasteiger partial charge in [0.2, 0.25) is 0 Å². The Morgan fingerprint density at radius 2 is 0.793 bits per heavy atom. The molecule has 0 unspecified atom stereocenters. The molecule has 0 heterocycles. The first-order valence-electron chi connectivity index (χ1n) is 9.44. The van der Waals surface area contributed by atoms with Crippen LogP contribution in [-0.4, -0.2) is 14.2 Å². The van der Waals surface area contributed by atoms with Gasteiger partial charge in [0.1, 0.15) is 23.0 Å². The molecule has 0 amide bonds. The highest BCUT2D eigenvalue weighted by molar-refractivity contribution is 5.80. The fourth-order valence-corrected chi connectivity index (χ4v) is 3.43. The molecule has 29 heavy (non-hydrogen) atoms. The Morgan fingerprint density at radius 1 is 0.414 bits per heavy atom. The zero-order valence-electron chi connectivity index (χ0n) is 16.5. The molecular formula is C26H22O3. The summed E-state index contributed by atoms with van der Waals surface area (Å²) in [6.45, 7) is 0. The Kier molecular flexibility index (Phi) is 5.48. The topological polar surface area (TPSA) is 27.7 Å². The van der Waals surface area contributed by atoms with Crippen molar-refractivity contribution in [2.45, 2.75) is 0 Å². The van der Waals surface area contributed by atoms with Gasteiger partial charge in [-0.05, 0) is 35.4 Å². The summed E-state index contributed by atoms with van der Waals surface area (Å²) in [6.07, 6.45) is 0. The maximum Gasteiger partial charge on any atom is 0.139 e. The lowest BCUT2D eigenvalue weighted by Gasteiger charge is -2.18. The maximum absolute atomic E-state index is 6.47. The Bertz CT molecular complexity index is 1000. The van der Waals surface area contributed by atoms with Crippen molar-refractivity contribution in [2.75, 3.05) is 14.2 Å². The number of benzene rings is 4. The van der Waals surface area contributed by atoms with Crippen molar-refractivity contribution in [3.63, 3.8) is 0 Å². The van der Waals surface area contributed by atoms with Crippen LogP contribution in [0.15, 0.2) is 97.1 Å². The van der Waals surface area contributed by atoms with Crippen LogP contribution in [-0.2, 0) is 0 Å². The Labute approximate surface area is 171 Å². The Balaban J connectivity index is 1.86. The van der Waals surface area contributed by atoms with E-state index in [1.54, 1.807) is 14.2 Å². The second kappa shape index (κ2) is 8.53. The number of rotatable bonds is 6. The standard InChI is InChI=1S/C26H22O3/c1-27-21-15-9-17-23(25(21)19-11-5-3-6-12-19)29-24-18-10-16-22(28-2)26(24)20-13-7-4-8-14-20/h3-18H,1-2H3. The average molecular weight is 382 g/mol. The third-order valence-electron chi connectivity index (χ3n) is 4.76. The van der Waals surface area contributed by atoms with Crippen molar-refractivity contribution in [1.29, 1.82) is 0 Å². The van der Waals surface area contributed by atoms with Crippen LogP contribution < -0.4 is 14.2 Å². The lowest BCUT2D eigenvalue weighted by atomic mass is 10.0. The van der Waals surface area contributed by atoms with E-state index in [0.29, 0.717) is 0 Å². The van der Waals surface area contributed by atoms with E-state index in [2.05, 4.69) is 0 Å². The van der Waals surface area contributed by atoms with E-state index in [0.717, 1.165) is 45.3 Å². The van der Waals surface area contributed by atoms with Gasteiger partial charge >= 0.3 is 0 Å². The van der Waals surface area contributed by atoms with E-state index in [9.17, 15) is 0 Å². The van der Waals surface area contributed by atoms with Crippen molar-refractivity contribution in [1.82, 2.24) is 0 Å². The summed E-state index contributed by atoms with van der Waals surface area (Å²) in [6, 6.07) is 31.9. The number of hydrogen-bond acceptors (Lipinski definition) is 3. The van der Waals surface area contributed by atoms with Gasteiger partial charge in [0.15, 0.2) is 0 Å². The van der Waals surface area contributed by atoms with E-state index < -0.39 is 0 Å². The minimum atomic E-state index is 0.723. The monoisotopic (exact) mass is 382 g/mol. The molecule has 0 aliphatic carbocycles. The van der Waals surface area contributed by atoms with Crippen LogP contribution in [0.2, 0.25) is 0 Å². The van der Waals surface area contributed by atoms with Gasteiger partial charge in [0, 0.05) is 0 Å². The molecule has 4 aromatic carbocycles. The summed E-state index contributed by atoms with van der Waals surface area (Å²) >= 11 is 0. The third kappa shape index (κ3) is 3.81. The molecule has 0 atom stereocenters. The molecule has 3 nitrogen and oxygen atoms in total. The minimum Gasteiger partial charge on any atom is -0.496 e. The number of methoxy groups -OCH3 is 2. The molecule has 144 valence electrons. The quantitative estimate of drug-likeness (QED) is 0.366. The van der Waals surface area contributed by atoms with Crippen LogP contribution in [0.25, 0.3) is 22.3 Å². The molecule has 0 saturated carbocycles. The van der Waals surface area contributed by atoms with Crippen LogP contribution in [0.3, 0.4) is 0 Å². The molecule has 0 aromatic heterocycles. The zero-order valence-corrected chi connectivity index (χ0v) is 16.5. The Morgan fingerprint density at radius 3 is 1.17 bits per heavy atom. The predicted octanol–water partition coefficient (Wildman–Crippen LogP) is 6.83. The van der Waals surface area contributed by atoms with Gasteiger partial charge in [-0.2, -0.15) is 0 Å². The first-order valence-corrected chi connectivity index (χ1v) is 9.44. The second-order valence-corrected chi connectivity index (χ2v) is 6.50. The fourth-order valence-electron chi connectivity index (χ4n) is 3.43. The predicted molar refractivity (Wildman–Crippen MR) is 117 cm³/mol. The molecule has 0 N–H and O–H groups in total. The summed E-state index contributed by atoms with van der Waals surface area (Å²) in [5.41, 5.74) is 3.89. The van der Waals surface area contributed by atoms with Crippen LogP contribution in [0, 0.1) is 0 Å². The van der Waals surface area contributed by atoms with Gasteiger partial charge in [-0.1, -0.05) is 72.8 Å². The van der Waals surface area contributed by atoms with Gasteiger partial charge < -0.3 is 14.2 Å². The molecule has 0 bridgehead atoms. The molecule has 0 fully saturated rings. The summed E-state index contributed by atoms with van der Waals surface area (Å²) < 4.78 is 17.7. The summed E-state index contributed by atoms with van der Waals surface area (Å²) in [5, 5.41) is 0. The van der Waals surface area contributed by atoms with Crippen molar-refractivity contribution in [3.8, 4) is 45.3 Å². The lowest BCUT2D eigenvalue weighted by molar-refractivity contribution is 0.407. The molecule has 0 radical (unpaired) electrons. The molecular weight excluding hydrogens is 360 g/mol. The highest BCUT2D eigenvalue weighted by Gasteiger charge is 2.17. The summed E-state index contributed by atoms with van der Waals surface area (Å²) in [5.74, 6) is 2.97. The summed E-state index contributed by atoms with van der Waals surface area (Å²) in [7, 11) is 3.35. The first-order chi connectivity index (χ1) is 14.3.